The number of benzene rings is 2. The summed E-state index contributed by atoms with van der Waals surface area (Å²) in [4.78, 5) is 26.2. The van der Waals surface area contributed by atoms with E-state index in [0.717, 1.165) is 28.8 Å². The van der Waals surface area contributed by atoms with Gasteiger partial charge in [-0.2, -0.15) is 5.26 Å². The van der Waals surface area contributed by atoms with Gasteiger partial charge in [0.05, 0.1) is 11.6 Å². The van der Waals surface area contributed by atoms with E-state index in [4.69, 9.17) is 9.15 Å². The van der Waals surface area contributed by atoms with E-state index in [1.165, 1.54) is 0 Å². The highest BCUT2D eigenvalue weighted by molar-refractivity contribution is 5.80. The van der Waals surface area contributed by atoms with Crippen LogP contribution in [0.3, 0.4) is 0 Å². The van der Waals surface area contributed by atoms with Crippen molar-refractivity contribution in [3.8, 4) is 17.2 Å². The molecule has 0 unspecified atom stereocenters. The van der Waals surface area contributed by atoms with Crippen molar-refractivity contribution in [3.63, 3.8) is 0 Å². The molecule has 1 aromatic heterocycles. The van der Waals surface area contributed by atoms with Gasteiger partial charge in [-0.3, -0.25) is 4.57 Å². The quantitative estimate of drug-likeness (QED) is 0.588. The van der Waals surface area contributed by atoms with Gasteiger partial charge in [0.25, 0.3) is 0 Å². The normalized spacial score (nSPS) is 12.5. The summed E-state index contributed by atoms with van der Waals surface area (Å²) in [7, 11) is 3.92. The van der Waals surface area contributed by atoms with Gasteiger partial charge in [0.15, 0.2) is 5.58 Å². The number of aromatic nitrogens is 1. The molecule has 1 amide bonds. The van der Waals surface area contributed by atoms with Crippen molar-refractivity contribution >= 4 is 17.2 Å². The first-order valence-electron chi connectivity index (χ1n) is 10.8. The number of rotatable bonds is 7. The highest BCUT2D eigenvalue weighted by Gasteiger charge is 2.19. The molecule has 0 saturated carbocycles. The summed E-state index contributed by atoms with van der Waals surface area (Å²) in [6.07, 6.45) is -0.250. The summed E-state index contributed by atoms with van der Waals surface area (Å²) < 4.78 is 12.2. The van der Waals surface area contributed by atoms with Crippen LogP contribution in [-0.4, -0.2) is 47.8 Å². The molecule has 0 bridgehead atoms. The molecule has 0 aliphatic heterocycles. The first-order valence-corrected chi connectivity index (χ1v) is 10.8. The highest BCUT2D eigenvalue weighted by Crippen LogP contribution is 2.25. The van der Waals surface area contributed by atoms with Crippen LogP contribution in [0.25, 0.3) is 22.2 Å². The van der Waals surface area contributed by atoms with E-state index in [-0.39, 0.29) is 5.76 Å². The molecule has 8 nitrogen and oxygen atoms in total. The minimum Gasteiger partial charge on any atom is -0.444 e. The maximum Gasteiger partial charge on any atom is 0.419 e. The van der Waals surface area contributed by atoms with E-state index in [9.17, 15) is 14.9 Å². The maximum atomic E-state index is 12.2. The van der Waals surface area contributed by atoms with Crippen molar-refractivity contribution < 1.29 is 13.9 Å². The van der Waals surface area contributed by atoms with Gasteiger partial charge in [0.1, 0.15) is 11.6 Å². The average molecular weight is 451 g/mol. The summed E-state index contributed by atoms with van der Waals surface area (Å²) in [5.41, 5.74) is 3.53. The zero-order valence-electron chi connectivity index (χ0n) is 19.7. The standard InChI is InChI=1S/C25H30N4O4/c1-25(2,3)33-23(30)27-20(16-26)14-17-6-8-18(9-7-17)19-10-11-22-21(15-19)29(24(31)32-22)13-12-28(4)5/h6-11,15,20H,12-14H2,1-5H3,(H,27,30)/t20-/m0/s1. The fourth-order valence-electron chi connectivity index (χ4n) is 3.40. The Morgan fingerprint density at radius 2 is 1.85 bits per heavy atom. The lowest BCUT2D eigenvalue weighted by Gasteiger charge is -2.21. The Hall–Kier alpha value is -3.57. The number of amides is 1. The second kappa shape index (κ2) is 9.92. The Kier molecular flexibility index (Phi) is 7.24. The smallest absolute Gasteiger partial charge is 0.419 e. The molecule has 1 heterocycles. The molecule has 1 N–H and O–H groups in total. The number of fused-ring (bicyclic) bond motifs is 1. The molecule has 0 fully saturated rings. The number of carbonyl (C=O) groups excluding carboxylic acids is 1. The summed E-state index contributed by atoms with van der Waals surface area (Å²) in [5.74, 6) is -0.362. The van der Waals surface area contributed by atoms with Crippen molar-refractivity contribution in [1.29, 1.82) is 5.26 Å². The van der Waals surface area contributed by atoms with Crippen LogP contribution in [0.2, 0.25) is 0 Å². The molecule has 0 aliphatic carbocycles. The van der Waals surface area contributed by atoms with E-state index in [1.807, 2.05) is 61.5 Å². The summed E-state index contributed by atoms with van der Waals surface area (Å²) in [6, 6.07) is 14.9. The number of carbonyl (C=O) groups is 1. The Morgan fingerprint density at radius 3 is 2.45 bits per heavy atom. The summed E-state index contributed by atoms with van der Waals surface area (Å²) in [6.45, 7) is 6.59. The van der Waals surface area contributed by atoms with Gasteiger partial charge in [-0.05, 0) is 63.7 Å². The Labute approximate surface area is 193 Å². The van der Waals surface area contributed by atoms with E-state index in [2.05, 4.69) is 11.4 Å². The Morgan fingerprint density at radius 1 is 1.18 bits per heavy atom. The molecule has 0 saturated heterocycles. The molecular formula is C25H30N4O4. The summed E-state index contributed by atoms with van der Waals surface area (Å²) >= 11 is 0. The van der Waals surface area contributed by atoms with Crippen molar-refractivity contribution in [2.75, 3.05) is 20.6 Å². The molecule has 33 heavy (non-hydrogen) atoms. The van der Waals surface area contributed by atoms with Crippen LogP contribution in [0.1, 0.15) is 26.3 Å². The fourth-order valence-corrected chi connectivity index (χ4v) is 3.40. The van der Waals surface area contributed by atoms with E-state index in [0.29, 0.717) is 18.5 Å². The number of nitrogens with zero attached hydrogens (tertiary/aromatic N) is 3. The molecule has 1 atom stereocenters. The van der Waals surface area contributed by atoms with Crippen LogP contribution < -0.4 is 11.1 Å². The number of alkyl carbamates (subject to hydrolysis) is 1. The lowest BCUT2D eigenvalue weighted by atomic mass is 10.0. The zero-order chi connectivity index (χ0) is 24.2. The topological polar surface area (TPSA) is 101 Å². The lowest BCUT2D eigenvalue weighted by molar-refractivity contribution is 0.0516. The highest BCUT2D eigenvalue weighted by atomic mass is 16.6. The number of hydrogen-bond acceptors (Lipinski definition) is 6. The van der Waals surface area contributed by atoms with Gasteiger partial charge in [-0.25, -0.2) is 9.59 Å². The van der Waals surface area contributed by atoms with Gasteiger partial charge in [-0.1, -0.05) is 30.3 Å². The largest absolute Gasteiger partial charge is 0.444 e. The van der Waals surface area contributed by atoms with Gasteiger partial charge in [-0.15, -0.1) is 0 Å². The molecule has 8 heteroatoms. The third-order valence-electron chi connectivity index (χ3n) is 5.01. The lowest BCUT2D eigenvalue weighted by Crippen LogP contribution is -2.39. The van der Waals surface area contributed by atoms with Crippen molar-refractivity contribution in [3.05, 3.63) is 58.6 Å². The van der Waals surface area contributed by atoms with Crippen LogP contribution in [0, 0.1) is 11.3 Å². The first kappa shape index (κ1) is 24.1. The number of likely N-dealkylation sites (N-methyl/N-ethyl adjacent to an activating group) is 1. The van der Waals surface area contributed by atoms with E-state index < -0.39 is 17.7 Å². The van der Waals surface area contributed by atoms with Gasteiger partial charge in [0.2, 0.25) is 0 Å². The molecular weight excluding hydrogens is 420 g/mol. The second-order valence-corrected chi connectivity index (χ2v) is 9.23. The van der Waals surface area contributed by atoms with Crippen LogP contribution in [0.15, 0.2) is 51.7 Å². The predicted molar refractivity (Wildman–Crippen MR) is 127 cm³/mol. The van der Waals surface area contributed by atoms with Crippen molar-refractivity contribution in [1.82, 2.24) is 14.8 Å². The number of nitriles is 1. The van der Waals surface area contributed by atoms with Gasteiger partial charge < -0.3 is 19.4 Å². The number of oxazole rings is 1. The monoisotopic (exact) mass is 450 g/mol. The van der Waals surface area contributed by atoms with E-state index >= 15 is 0 Å². The van der Waals surface area contributed by atoms with Gasteiger partial charge in [0, 0.05) is 19.5 Å². The predicted octanol–water partition coefficient (Wildman–Crippen LogP) is 3.78. The van der Waals surface area contributed by atoms with Crippen molar-refractivity contribution in [2.45, 2.75) is 45.4 Å². The molecule has 3 rings (SSSR count). The molecule has 3 aromatic rings. The molecule has 0 aliphatic rings. The van der Waals surface area contributed by atoms with Crippen LogP contribution in [-0.2, 0) is 17.7 Å². The third kappa shape index (κ3) is 6.46. The Bertz CT molecular complexity index is 1210. The number of nitrogens with one attached hydrogen (secondary N) is 1. The van der Waals surface area contributed by atoms with Crippen LogP contribution in [0.5, 0.6) is 0 Å². The minimum absolute atomic E-state index is 0.362. The average Bonchev–Trinajstić information content (AvgIpc) is 3.05. The first-order chi connectivity index (χ1) is 15.6. The number of hydrogen-bond donors (Lipinski definition) is 1. The van der Waals surface area contributed by atoms with Gasteiger partial charge >= 0.3 is 11.8 Å². The molecule has 174 valence electrons. The molecule has 2 aromatic carbocycles. The fraction of sp³-hybridized carbons (Fsp3) is 0.400. The SMILES string of the molecule is CN(C)CCn1c(=O)oc2ccc(-c3ccc(C[C@@H](C#N)NC(=O)OC(C)(C)C)cc3)cc21. The summed E-state index contributed by atoms with van der Waals surface area (Å²) in [5, 5.41) is 12.0. The third-order valence-corrected chi connectivity index (χ3v) is 5.01. The molecule has 0 radical (unpaired) electrons. The van der Waals surface area contributed by atoms with Crippen LogP contribution >= 0.6 is 0 Å². The zero-order valence-corrected chi connectivity index (χ0v) is 19.7. The van der Waals surface area contributed by atoms with Crippen LogP contribution in [0.4, 0.5) is 4.79 Å². The van der Waals surface area contributed by atoms with Crippen molar-refractivity contribution in [2.24, 2.45) is 0 Å². The maximum absolute atomic E-state index is 12.2. The number of ether oxygens (including phenoxy) is 1. The van der Waals surface area contributed by atoms with E-state index in [1.54, 1.807) is 25.3 Å². The second-order valence-electron chi connectivity index (χ2n) is 9.23. The molecule has 0 spiro atoms. The Balaban J connectivity index is 1.75. The minimum atomic E-state index is -0.695.